The van der Waals surface area contributed by atoms with Crippen LogP contribution in [0.5, 0.6) is 0 Å². The molecule has 0 heterocycles. The van der Waals surface area contributed by atoms with Crippen LogP contribution in [-0.2, 0) is 39.7 Å². The van der Waals surface area contributed by atoms with E-state index in [1.807, 2.05) is 0 Å². The van der Waals surface area contributed by atoms with Crippen LogP contribution in [0.2, 0.25) is 0 Å². The van der Waals surface area contributed by atoms with E-state index in [9.17, 15) is 61.9 Å². The van der Waals surface area contributed by atoms with Crippen LogP contribution < -0.4 is 0 Å². The van der Waals surface area contributed by atoms with Gasteiger partial charge in [-0.15, -0.1) is 0 Å². The van der Waals surface area contributed by atoms with Crippen molar-refractivity contribution in [1.82, 2.24) is 0 Å². The molecule has 0 N–H and O–H groups in total. The van der Waals surface area contributed by atoms with Crippen LogP contribution in [0.3, 0.4) is 0 Å². The van der Waals surface area contributed by atoms with Gasteiger partial charge in [0.15, 0.2) is 0 Å². The molecule has 0 aliphatic carbocycles. The molecule has 0 saturated heterocycles. The van der Waals surface area contributed by atoms with E-state index in [4.69, 9.17) is 18.6 Å². The van der Waals surface area contributed by atoms with Crippen molar-refractivity contribution in [3.05, 3.63) is 26.6 Å². The second kappa shape index (κ2) is 15.8. The fourth-order valence-corrected chi connectivity index (χ4v) is 0. The summed E-state index contributed by atoms with van der Waals surface area (Å²) in [4.78, 5) is 0. The minimum atomic E-state index is -11.2. The van der Waals surface area contributed by atoms with Gasteiger partial charge in [-0.3, -0.25) is 0 Å². The molecule has 0 amide bonds. The van der Waals surface area contributed by atoms with Gasteiger partial charge in [-0.25, -0.2) is 0 Å². The van der Waals surface area contributed by atoms with Crippen molar-refractivity contribution < 1.29 is 102 Å². The smallest absolute Gasteiger partial charge is 2.00 e. The SMILES string of the molecule is [C-]#[O+].[C-]#[O+].[C-]#[O+].[C-]#[O+].[F][Sb-]([F])([F])([F])([F])[F].[F][Sb-]([F])([F])([F])([F])[F].[F][Sb]([F])([F])([F])[F].[F][Sb]([F])([F])([F])[F].[Pt+2]. The number of hydrogen-bond acceptors (Lipinski definition) is 0. The minimum Gasteiger partial charge on any atom is 2.00 e. The molecule has 0 aromatic heterocycles. The summed E-state index contributed by atoms with van der Waals surface area (Å²) in [6.07, 6.45) is 0. The van der Waals surface area contributed by atoms with Gasteiger partial charge in [0.05, 0.1) is 0 Å². The number of hydrogen-bond donors (Lipinski definition) is 0. The van der Waals surface area contributed by atoms with E-state index in [2.05, 4.69) is 26.6 Å². The van der Waals surface area contributed by atoms with Crippen LogP contribution in [0.15, 0.2) is 0 Å². The van der Waals surface area contributed by atoms with E-state index in [1.165, 1.54) is 0 Å². The Labute approximate surface area is 205 Å². The molecule has 31 heteroatoms. The molecule has 0 radical (unpaired) electrons. The first-order valence-corrected chi connectivity index (χ1v) is 25.8. The number of halogens is 22. The topological polar surface area (TPSA) is 79.6 Å². The molecule has 4 nitrogen and oxygen atoms in total. The normalized spacial score (nSPS) is 16.1. The van der Waals surface area contributed by atoms with Gasteiger partial charge in [-0.2, -0.15) is 0 Å². The molecular weight excluding hydrogens is 1210 g/mol. The van der Waals surface area contributed by atoms with Crippen LogP contribution in [0.4, 0.5) is 61.9 Å². The summed E-state index contributed by atoms with van der Waals surface area (Å²) in [5.74, 6) is 0. The predicted molar refractivity (Wildman–Crippen MR) is 63.1 cm³/mol. The van der Waals surface area contributed by atoms with Crippen LogP contribution >= 0.6 is 0 Å². The van der Waals surface area contributed by atoms with Crippen LogP contribution in [-0.4, -0.2) is 79.6 Å². The molecular formula is C4F22O4PtSb4. The molecule has 0 aromatic rings. The van der Waals surface area contributed by atoms with Gasteiger partial charge in [-0.05, 0) is 0 Å². The van der Waals surface area contributed by atoms with E-state index >= 15 is 0 Å². The van der Waals surface area contributed by atoms with Gasteiger partial charge in [-0.1, -0.05) is 0 Å². The van der Waals surface area contributed by atoms with Gasteiger partial charge in [0.25, 0.3) is 0 Å². The Kier molecular flexibility index (Phi) is 27.5. The fourth-order valence-electron chi connectivity index (χ4n) is 0. The first-order chi connectivity index (χ1) is 13.4. The molecule has 0 fully saturated rings. The third kappa shape index (κ3) is 20700. The molecule has 35 heavy (non-hydrogen) atoms. The Balaban J connectivity index is -0.0000000332. The standard InChI is InChI=1S/4CO.22FH.Pt.4Sb/c4*1-2;;;;;;;;;;;;;;;;;;;;;;;;;;;/h;;;;22*1H;;;;;/q;;;;;;;;;;;;;;;;;;;;;;;;;;+2;4*+5/p-22. The van der Waals surface area contributed by atoms with Gasteiger partial charge in [0, 0.05) is 0 Å². The molecule has 0 bridgehead atoms. The van der Waals surface area contributed by atoms with Crippen LogP contribution in [0.1, 0.15) is 0 Å². The van der Waals surface area contributed by atoms with Gasteiger partial charge >= 0.3 is 208 Å². The van der Waals surface area contributed by atoms with Crippen molar-refractivity contribution in [2.24, 2.45) is 0 Å². The predicted octanol–water partition coefficient (Wildman–Crippen LogP) is 7.57. The zero-order valence-corrected chi connectivity index (χ0v) is 26.5. The minimum absolute atomic E-state index is 0. The first-order valence-electron chi connectivity index (χ1n) is 4.54. The summed E-state index contributed by atoms with van der Waals surface area (Å²) in [6, 6.07) is 0. The summed E-state index contributed by atoms with van der Waals surface area (Å²) in [7, 11) is 0. The summed E-state index contributed by atoms with van der Waals surface area (Å²) in [6.45, 7) is 18.0. The van der Waals surface area contributed by atoms with Gasteiger partial charge < -0.3 is 0 Å². The Morgan fingerprint density at radius 2 is 0.314 bits per heavy atom. The van der Waals surface area contributed by atoms with Crippen molar-refractivity contribution in [2.45, 2.75) is 0 Å². The Bertz CT molecular complexity index is 519. The molecule has 0 unspecified atom stereocenters. The van der Waals surface area contributed by atoms with E-state index in [1.54, 1.807) is 0 Å². The Hall–Kier alpha value is 1.38. The molecule has 0 rings (SSSR count). The average molecular weight is 1210 g/mol. The molecule has 0 aromatic carbocycles. The maximum atomic E-state index is 9.93. The van der Waals surface area contributed by atoms with Crippen molar-refractivity contribution in [3.8, 4) is 0 Å². The maximum Gasteiger partial charge on any atom is 2.00 e. The first kappa shape index (κ1) is 60.7. The second-order valence-corrected chi connectivity index (χ2v) is 21.4. The number of rotatable bonds is 0. The zero-order chi connectivity index (χ0) is 31.7. The quantitative estimate of drug-likeness (QED) is 0.104. The van der Waals surface area contributed by atoms with Crippen molar-refractivity contribution >= 4 is 79.6 Å². The van der Waals surface area contributed by atoms with Crippen LogP contribution in [0, 0.1) is 26.6 Å². The fraction of sp³-hybridized carbons (Fsp3) is 0. The summed E-state index contributed by atoms with van der Waals surface area (Å²) in [5.41, 5.74) is 0. The Morgan fingerprint density at radius 1 is 0.314 bits per heavy atom. The molecule has 0 saturated carbocycles. The van der Waals surface area contributed by atoms with Crippen molar-refractivity contribution in [3.63, 3.8) is 0 Å². The molecule has 0 atom stereocenters. The maximum absolute atomic E-state index is 11.2. The monoisotopic (exact) mass is 1210 g/mol. The Morgan fingerprint density at radius 3 is 0.314 bits per heavy atom. The van der Waals surface area contributed by atoms with Crippen LogP contribution in [0.25, 0.3) is 0 Å². The largest absolute Gasteiger partial charge is 2.00 e. The third-order valence-corrected chi connectivity index (χ3v) is 0. The molecule has 0 spiro atoms. The van der Waals surface area contributed by atoms with Crippen molar-refractivity contribution in [1.29, 1.82) is 0 Å². The molecule has 224 valence electrons. The van der Waals surface area contributed by atoms with Gasteiger partial charge in [0.2, 0.25) is 0 Å². The summed E-state index contributed by atoms with van der Waals surface area (Å²) in [5, 5.41) is 0. The second-order valence-electron chi connectivity index (χ2n) is 3.19. The zero-order valence-electron chi connectivity index (χ0n) is 14.1. The average Bonchev–Trinajstić information content (AvgIpc) is 2.34. The third-order valence-electron chi connectivity index (χ3n) is 0. The molecule has 0 aliphatic rings. The van der Waals surface area contributed by atoms with E-state index in [0.29, 0.717) is 0 Å². The van der Waals surface area contributed by atoms with Crippen molar-refractivity contribution in [2.75, 3.05) is 0 Å². The van der Waals surface area contributed by atoms with Gasteiger partial charge in [0.1, 0.15) is 0 Å². The van der Waals surface area contributed by atoms with E-state index < -0.39 is 79.6 Å². The van der Waals surface area contributed by atoms with E-state index in [-0.39, 0.29) is 21.1 Å². The van der Waals surface area contributed by atoms with E-state index in [0.717, 1.165) is 0 Å². The summed E-state index contributed by atoms with van der Waals surface area (Å²) < 4.78 is 248. The molecule has 0 aliphatic heterocycles. The summed E-state index contributed by atoms with van der Waals surface area (Å²) >= 11 is -40.9.